The molecule has 0 bridgehead atoms. The molecule has 2 aliphatic rings. The van der Waals surface area contributed by atoms with E-state index >= 15 is 0 Å². The first-order valence-electron chi connectivity index (χ1n) is 9.43. The number of carboxylic acids is 1. The molecule has 5 heteroatoms. The van der Waals surface area contributed by atoms with E-state index in [-0.39, 0.29) is 18.5 Å². The minimum Gasteiger partial charge on any atom is -0.481 e. The van der Waals surface area contributed by atoms with Crippen LogP contribution in [0.15, 0.2) is 30.3 Å². The molecule has 0 radical (unpaired) electrons. The summed E-state index contributed by atoms with van der Waals surface area (Å²) >= 11 is 0. The number of amides is 2. The average molecular weight is 344 g/mol. The zero-order chi connectivity index (χ0) is 17.6. The molecule has 1 heterocycles. The van der Waals surface area contributed by atoms with Gasteiger partial charge in [0.15, 0.2) is 0 Å². The molecule has 25 heavy (non-hydrogen) atoms. The van der Waals surface area contributed by atoms with Crippen molar-refractivity contribution in [2.24, 2.45) is 11.8 Å². The second-order valence-electron chi connectivity index (χ2n) is 7.48. The lowest BCUT2D eigenvalue weighted by molar-refractivity contribution is -0.137. The molecular weight excluding hydrogens is 316 g/mol. The molecule has 5 nitrogen and oxygen atoms in total. The van der Waals surface area contributed by atoms with Crippen molar-refractivity contribution in [1.82, 2.24) is 10.2 Å². The molecule has 1 aliphatic carbocycles. The Balaban J connectivity index is 1.50. The molecule has 0 aromatic heterocycles. The summed E-state index contributed by atoms with van der Waals surface area (Å²) in [4.78, 5) is 25.3. The SMILES string of the molecule is O=C(O)CCC(Cc1ccccc1)NC(=O)N1CC(C2CCCC2)C1. The van der Waals surface area contributed by atoms with Gasteiger partial charge in [-0.1, -0.05) is 56.0 Å². The number of carbonyl (C=O) groups is 2. The molecule has 1 saturated heterocycles. The highest BCUT2D eigenvalue weighted by Gasteiger charge is 2.37. The summed E-state index contributed by atoms with van der Waals surface area (Å²) in [6.45, 7) is 1.71. The quantitative estimate of drug-likeness (QED) is 0.797. The number of carboxylic acid groups (broad SMARTS) is 1. The Morgan fingerprint density at radius 1 is 1.12 bits per heavy atom. The fourth-order valence-electron chi connectivity index (χ4n) is 4.09. The first-order chi connectivity index (χ1) is 12.1. The highest BCUT2D eigenvalue weighted by Crippen LogP contribution is 2.36. The van der Waals surface area contributed by atoms with Gasteiger partial charge in [0.25, 0.3) is 0 Å². The molecule has 3 rings (SSSR count). The molecule has 2 N–H and O–H groups in total. The number of likely N-dealkylation sites (tertiary alicyclic amines) is 1. The Bertz CT molecular complexity index is 578. The topological polar surface area (TPSA) is 69.6 Å². The van der Waals surface area contributed by atoms with Gasteiger partial charge in [-0.25, -0.2) is 4.79 Å². The van der Waals surface area contributed by atoms with Gasteiger partial charge in [0.2, 0.25) is 0 Å². The number of carbonyl (C=O) groups excluding carboxylic acids is 1. The maximum atomic E-state index is 12.5. The highest BCUT2D eigenvalue weighted by atomic mass is 16.4. The van der Waals surface area contributed by atoms with E-state index in [1.807, 2.05) is 35.2 Å². The molecule has 2 amide bonds. The molecule has 1 aromatic rings. The van der Waals surface area contributed by atoms with Gasteiger partial charge in [0, 0.05) is 25.6 Å². The average Bonchev–Trinajstić information content (AvgIpc) is 3.06. The molecule has 1 atom stereocenters. The van der Waals surface area contributed by atoms with Crippen molar-refractivity contribution in [2.75, 3.05) is 13.1 Å². The molecule has 2 fully saturated rings. The largest absolute Gasteiger partial charge is 0.481 e. The smallest absolute Gasteiger partial charge is 0.317 e. The Hall–Kier alpha value is -2.04. The van der Waals surface area contributed by atoms with Crippen LogP contribution in [0.3, 0.4) is 0 Å². The zero-order valence-electron chi connectivity index (χ0n) is 14.7. The number of benzene rings is 1. The van der Waals surface area contributed by atoms with Crippen LogP contribution in [0, 0.1) is 11.8 Å². The number of hydrogen-bond donors (Lipinski definition) is 2. The Morgan fingerprint density at radius 3 is 2.44 bits per heavy atom. The van der Waals surface area contributed by atoms with E-state index in [0.717, 1.165) is 24.6 Å². The first-order valence-corrected chi connectivity index (χ1v) is 9.43. The van der Waals surface area contributed by atoms with Gasteiger partial charge in [0.05, 0.1) is 0 Å². The fourth-order valence-corrected chi connectivity index (χ4v) is 4.09. The third-order valence-corrected chi connectivity index (χ3v) is 5.62. The maximum absolute atomic E-state index is 12.5. The third-order valence-electron chi connectivity index (χ3n) is 5.62. The van der Waals surface area contributed by atoms with Crippen molar-refractivity contribution in [3.63, 3.8) is 0 Å². The van der Waals surface area contributed by atoms with Crippen LogP contribution in [-0.4, -0.2) is 41.1 Å². The van der Waals surface area contributed by atoms with Crippen molar-refractivity contribution >= 4 is 12.0 Å². The van der Waals surface area contributed by atoms with E-state index in [0.29, 0.717) is 18.8 Å². The fraction of sp³-hybridized carbons (Fsp3) is 0.600. The predicted molar refractivity (Wildman–Crippen MR) is 96.4 cm³/mol. The summed E-state index contributed by atoms with van der Waals surface area (Å²) in [5.41, 5.74) is 1.12. The normalized spacial score (nSPS) is 19.4. The number of aliphatic carboxylic acids is 1. The van der Waals surface area contributed by atoms with Gasteiger partial charge in [-0.3, -0.25) is 4.79 Å². The van der Waals surface area contributed by atoms with Gasteiger partial charge >= 0.3 is 12.0 Å². The lowest BCUT2D eigenvalue weighted by atomic mass is 9.85. The lowest BCUT2D eigenvalue weighted by Crippen LogP contribution is -2.57. The first kappa shape index (κ1) is 17.8. The molecule has 1 saturated carbocycles. The summed E-state index contributed by atoms with van der Waals surface area (Å²) in [5, 5.41) is 12.0. The number of nitrogens with zero attached hydrogens (tertiary/aromatic N) is 1. The van der Waals surface area contributed by atoms with E-state index < -0.39 is 5.97 Å². The predicted octanol–water partition coefficient (Wildman–Crippen LogP) is 3.29. The van der Waals surface area contributed by atoms with E-state index in [1.165, 1.54) is 25.7 Å². The van der Waals surface area contributed by atoms with Crippen molar-refractivity contribution in [3.05, 3.63) is 35.9 Å². The van der Waals surface area contributed by atoms with E-state index in [9.17, 15) is 9.59 Å². The summed E-state index contributed by atoms with van der Waals surface area (Å²) < 4.78 is 0. The van der Waals surface area contributed by atoms with Gasteiger partial charge in [0.1, 0.15) is 0 Å². The van der Waals surface area contributed by atoms with E-state index in [2.05, 4.69) is 5.32 Å². The van der Waals surface area contributed by atoms with Crippen LogP contribution >= 0.6 is 0 Å². The highest BCUT2D eigenvalue weighted by molar-refractivity contribution is 5.75. The Morgan fingerprint density at radius 2 is 1.80 bits per heavy atom. The Kier molecular flexibility index (Phi) is 5.95. The van der Waals surface area contributed by atoms with Crippen LogP contribution < -0.4 is 5.32 Å². The Labute approximate surface area is 149 Å². The van der Waals surface area contributed by atoms with Gasteiger partial charge in [-0.15, -0.1) is 0 Å². The summed E-state index contributed by atoms with van der Waals surface area (Å²) in [5.74, 6) is 0.647. The maximum Gasteiger partial charge on any atom is 0.317 e. The van der Waals surface area contributed by atoms with Crippen LogP contribution in [0.2, 0.25) is 0 Å². The van der Waals surface area contributed by atoms with Crippen molar-refractivity contribution in [1.29, 1.82) is 0 Å². The molecule has 1 aliphatic heterocycles. The second kappa shape index (κ2) is 8.37. The molecule has 0 spiro atoms. The number of hydrogen-bond acceptors (Lipinski definition) is 2. The third kappa shape index (κ3) is 4.97. The molecule has 1 aromatic carbocycles. The molecular formula is C20H28N2O3. The number of rotatable bonds is 7. The van der Waals surface area contributed by atoms with E-state index in [1.54, 1.807) is 0 Å². The monoisotopic (exact) mass is 344 g/mol. The number of nitrogens with one attached hydrogen (secondary N) is 1. The van der Waals surface area contributed by atoms with Crippen LogP contribution in [0.25, 0.3) is 0 Å². The minimum atomic E-state index is -0.822. The molecule has 136 valence electrons. The van der Waals surface area contributed by atoms with Crippen LogP contribution in [0.4, 0.5) is 4.79 Å². The molecule has 1 unspecified atom stereocenters. The zero-order valence-corrected chi connectivity index (χ0v) is 14.7. The second-order valence-corrected chi connectivity index (χ2v) is 7.48. The van der Waals surface area contributed by atoms with Crippen LogP contribution in [0.1, 0.15) is 44.1 Å². The van der Waals surface area contributed by atoms with E-state index in [4.69, 9.17) is 5.11 Å². The van der Waals surface area contributed by atoms with Crippen molar-refractivity contribution in [2.45, 2.75) is 51.0 Å². The standard InChI is InChI=1S/C20H28N2O3/c23-19(24)11-10-18(12-15-6-2-1-3-7-15)21-20(25)22-13-17(14-22)16-8-4-5-9-16/h1-3,6-7,16-18H,4-5,8-14H2,(H,21,25)(H,23,24). The van der Waals surface area contributed by atoms with Crippen molar-refractivity contribution < 1.29 is 14.7 Å². The van der Waals surface area contributed by atoms with Gasteiger partial charge in [-0.2, -0.15) is 0 Å². The lowest BCUT2D eigenvalue weighted by Gasteiger charge is -2.43. The minimum absolute atomic E-state index is 0.0411. The van der Waals surface area contributed by atoms with Crippen LogP contribution in [0.5, 0.6) is 0 Å². The van der Waals surface area contributed by atoms with Gasteiger partial charge in [-0.05, 0) is 30.2 Å². The van der Waals surface area contributed by atoms with Crippen molar-refractivity contribution in [3.8, 4) is 0 Å². The van der Waals surface area contributed by atoms with Gasteiger partial charge < -0.3 is 15.3 Å². The summed E-state index contributed by atoms with van der Waals surface area (Å²) in [6, 6.07) is 9.73. The van der Waals surface area contributed by atoms with Crippen LogP contribution in [-0.2, 0) is 11.2 Å². The summed E-state index contributed by atoms with van der Waals surface area (Å²) in [6.07, 6.45) is 6.49. The number of urea groups is 1. The summed E-state index contributed by atoms with van der Waals surface area (Å²) in [7, 11) is 0.